The lowest BCUT2D eigenvalue weighted by atomic mass is 9.81. The summed E-state index contributed by atoms with van der Waals surface area (Å²) in [4.78, 5) is 50.7. The Morgan fingerprint density at radius 2 is 1.87 bits per heavy atom. The lowest BCUT2D eigenvalue weighted by Gasteiger charge is -2.34. The number of piperidine rings is 2. The van der Waals surface area contributed by atoms with Crippen LogP contribution in [0.3, 0.4) is 0 Å². The normalized spacial score (nSPS) is 23.5. The molecule has 1 unspecified atom stereocenters. The van der Waals surface area contributed by atoms with Crippen LogP contribution in [0.25, 0.3) is 5.78 Å². The number of carbonyl (C=O) groups excluding carboxylic acids is 3. The molecule has 0 aromatic carbocycles. The number of likely N-dealkylation sites (tertiary alicyclic amines) is 1. The first-order valence-corrected chi connectivity index (χ1v) is 18.2. The SMILES string of the molecule is CCn1nccc1C(=O)N[C@H](c1cn2nc(C[C@H]3C[C@@H](C(F)(F)F)CNC3=O)c(C3CCCN(C(=O)OC(C)(C)C)C3)nc2n1)C1CCC(F)(F)CC1. The highest BCUT2D eigenvalue weighted by molar-refractivity contribution is 5.92. The number of rotatable bonds is 8. The van der Waals surface area contributed by atoms with E-state index < -0.39 is 78.3 Å². The van der Waals surface area contributed by atoms with Crippen molar-refractivity contribution in [3.05, 3.63) is 41.2 Å². The van der Waals surface area contributed by atoms with Gasteiger partial charge < -0.3 is 20.3 Å². The summed E-state index contributed by atoms with van der Waals surface area (Å²) in [5.41, 5.74) is 0.559. The molecule has 6 rings (SSSR count). The molecule has 0 spiro atoms. The molecule has 1 saturated carbocycles. The average molecular weight is 752 g/mol. The Bertz CT molecular complexity index is 1810. The fraction of sp³-hybridized carbons (Fsp3) is 0.686. The van der Waals surface area contributed by atoms with E-state index in [0.29, 0.717) is 37.3 Å². The monoisotopic (exact) mass is 751 g/mol. The van der Waals surface area contributed by atoms with E-state index in [0.717, 1.165) is 0 Å². The molecule has 3 fully saturated rings. The first-order chi connectivity index (χ1) is 24.9. The third-order valence-corrected chi connectivity index (χ3v) is 10.3. The highest BCUT2D eigenvalue weighted by atomic mass is 19.4. The smallest absolute Gasteiger partial charge is 0.410 e. The highest BCUT2D eigenvalue weighted by Gasteiger charge is 2.45. The van der Waals surface area contributed by atoms with Gasteiger partial charge in [-0.05, 0) is 71.8 Å². The van der Waals surface area contributed by atoms with Crippen molar-refractivity contribution in [2.45, 2.75) is 115 Å². The maximum atomic E-state index is 14.3. The highest BCUT2D eigenvalue weighted by Crippen LogP contribution is 2.42. The van der Waals surface area contributed by atoms with E-state index in [1.807, 2.05) is 6.92 Å². The topological polar surface area (TPSA) is 149 Å². The number of amides is 3. The third-order valence-electron chi connectivity index (χ3n) is 10.3. The minimum Gasteiger partial charge on any atom is -0.444 e. The fourth-order valence-corrected chi connectivity index (χ4v) is 7.58. The van der Waals surface area contributed by atoms with E-state index in [2.05, 4.69) is 15.7 Å². The van der Waals surface area contributed by atoms with Crippen LogP contribution in [-0.4, -0.2) is 89.5 Å². The zero-order valence-electron chi connectivity index (χ0n) is 30.3. The summed E-state index contributed by atoms with van der Waals surface area (Å²) in [5, 5.41) is 14.3. The van der Waals surface area contributed by atoms with Crippen molar-refractivity contribution in [1.29, 1.82) is 0 Å². The summed E-state index contributed by atoms with van der Waals surface area (Å²) in [6.07, 6.45) is -1.85. The summed E-state index contributed by atoms with van der Waals surface area (Å²) in [5.74, 6) is -7.25. The molecule has 2 aliphatic heterocycles. The number of alkyl halides is 5. The van der Waals surface area contributed by atoms with E-state index in [1.54, 1.807) is 31.7 Å². The Morgan fingerprint density at radius 1 is 1.13 bits per heavy atom. The number of nitrogens with one attached hydrogen (secondary N) is 2. The largest absolute Gasteiger partial charge is 0.444 e. The second-order valence-electron chi connectivity index (χ2n) is 15.4. The summed E-state index contributed by atoms with van der Waals surface area (Å²) in [6, 6.07) is 0.759. The van der Waals surface area contributed by atoms with E-state index in [4.69, 9.17) is 19.8 Å². The van der Waals surface area contributed by atoms with Crippen LogP contribution in [0.5, 0.6) is 0 Å². The molecule has 2 N–H and O–H groups in total. The molecule has 3 aliphatic rings. The number of imidazole rings is 1. The summed E-state index contributed by atoms with van der Waals surface area (Å²) in [7, 11) is 0. The van der Waals surface area contributed by atoms with Crippen molar-refractivity contribution >= 4 is 23.7 Å². The predicted molar refractivity (Wildman–Crippen MR) is 180 cm³/mol. The molecular formula is C35H46F5N9O4. The van der Waals surface area contributed by atoms with Crippen LogP contribution in [0.2, 0.25) is 0 Å². The molecule has 5 heterocycles. The Labute approximate surface area is 303 Å². The van der Waals surface area contributed by atoms with Gasteiger partial charge in [0.05, 0.1) is 35.2 Å². The van der Waals surface area contributed by atoms with Gasteiger partial charge in [0, 0.05) is 63.5 Å². The van der Waals surface area contributed by atoms with Gasteiger partial charge in [0.2, 0.25) is 11.8 Å². The molecule has 3 amide bonds. The van der Waals surface area contributed by atoms with Gasteiger partial charge in [0.1, 0.15) is 11.3 Å². The number of hydrogen-bond acceptors (Lipinski definition) is 8. The van der Waals surface area contributed by atoms with E-state index in [1.165, 1.54) is 21.6 Å². The Balaban J connectivity index is 1.38. The molecule has 18 heteroatoms. The van der Waals surface area contributed by atoms with Crippen LogP contribution in [0.4, 0.5) is 26.7 Å². The number of fused-ring (bicyclic) bond motifs is 1. The van der Waals surface area contributed by atoms with E-state index in [-0.39, 0.29) is 55.8 Å². The molecule has 0 radical (unpaired) electrons. The predicted octanol–water partition coefficient (Wildman–Crippen LogP) is 5.61. The molecule has 3 aromatic heterocycles. The summed E-state index contributed by atoms with van der Waals surface area (Å²) in [6.45, 7) is 7.66. The minimum atomic E-state index is -4.50. The van der Waals surface area contributed by atoms with Gasteiger partial charge in [0.15, 0.2) is 0 Å². The molecule has 0 bridgehead atoms. The number of nitrogens with zero attached hydrogens (tertiary/aromatic N) is 7. The van der Waals surface area contributed by atoms with Gasteiger partial charge in [-0.1, -0.05) is 0 Å². The third kappa shape index (κ3) is 8.88. The fourth-order valence-electron chi connectivity index (χ4n) is 7.58. The van der Waals surface area contributed by atoms with Crippen LogP contribution in [-0.2, 0) is 22.5 Å². The lowest BCUT2D eigenvalue weighted by Crippen LogP contribution is -2.47. The molecular weight excluding hydrogens is 705 g/mol. The zero-order valence-corrected chi connectivity index (χ0v) is 30.3. The quantitative estimate of drug-likeness (QED) is 0.283. The maximum absolute atomic E-state index is 14.3. The number of aryl methyl sites for hydroxylation is 1. The average Bonchev–Trinajstić information content (AvgIpc) is 3.74. The Hall–Kier alpha value is -4.38. The van der Waals surface area contributed by atoms with Gasteiger partial charge in [-0.25, -0.2) is 28.1 Å². The number of ether oxygens (including phenoxy) is 1. The van der Waals surface area contributed by atoms with Crippen molar-refractivity contribution in [2.24, 2.45) is 17.8 Å². The molecule has 2 saturated heterocycles. The number of carbonyl (C=O) groups is 3. The molecule has 13 nitrogen and oxygen atoms in total. The van der Waals surface area contributed by atoms with Gasteiger partial charge in [-0.2, -0.15) is 23.4 Å². The van der Waals surface area contributed by atoms with Crippen molar-refractivity contribution in [3.63, 3.8) is 0 Å². The van der Waals surface area contributed by atoms with E-state index >= 15 is 0 Å². The van der Waals surface area contributed by atoms with Crippen LogP contribution < -0.4 is 10.6 Å². The zero-order chi connectivity index (χ0) is 38.3. The molecule has 1 aliphatic carbocycles. The maximum Gasteiger partial charge on any atom is 0.410 e. The summed E-state index contributed by atoms with van der Waals surface area (Å²) < 4.78 is 78.3. The van der Waals surface area contributed by atoms with Gasteiger partial charge in [0.25, 0.3) is 11.7 Å². The number of hydrogen-bond donors (Lipinski definition) is 2. The Morgan fingerprint density at radius 3 is 2.55 bits per heavy atom. The molecule has 53 heavy (non-hydrogen) atoms. The van der Waals surface area contributed by atoms with Crippen molar-refractivity contribution in [1.82, 2.24) is 44.9 Å². The molecule has 3 aromatic rings. The standard InChI is InChI=1S/C35H46F5N9O4/c1-5-48-26(10-13-42-48)30(51)44-27(20-8-11-34(36,37)12-9-20)25-19-49-31(43-25)45-28(21-7-6-14-47(18-21)32(52)53-33(2,3)4)24(46-49)16-22-15-23(35(38,39)40)17-41-29(22)50/h10,13,19-23,27H,5-9,11-12,14-18H2,1-4H3,(H,41,50)(H,44,51)/t21?,22-,23-,27+/m1/s1. The molecule has 290 valence electrons. The van der Waals surface area contributed by atoms with E-state index in [9.17, 15) is 36.3 Å². The minimum absolute atomic E-state index is 0.119. The molecule has 4 atom stereocenters. The van der Waals surface area contributed by atoms with Gasteiger partial charge in [-0.3, -0.25) is 14.3 Å². The first-order valence-electron chi connectivity index (χ1n) is 18.2. The second-order valence-corrected chi connectivity index (χ2v) is 15.4. The van der Waals surface area contributed by atoms with Crippen molar-refractivity contribution in [3.8, 4) is 0 Å². The second kappa shape index (κ2) is 14.8. The lowest BCUT2D eigenvalue weighted by molar-refractivity contribution is -0.183. The number of aromatic nitrogens is 6. The summed E-state index contributed by atoms with van der Waals surface area (Å²) >= 11 is 0. The van der Waals surface area contributed by atoms with Crippen LogP contribution in [0.15, 0.2) is 18.5 Å². The van der Waals surface area contributed by atoms with Gasteiger partial charge in [-0.15, -0.1) is 0 Å². The Kier molecular flexibility index (Phi) is 10.7. The van der Waals surface area contributed by atoms with Crippen molar-refractivity contribution in [2.75, 3.05) is 19.6 Å². The first kappa shape index (κ1) is 38.3. The van der Waals surface area contributed by atoms with Crippen LogP contribution >= 0.6 is 0 Å². The van der Waals surface area contributed by atoms with Crippen LogP contribution in [0, 0.1) is 17.8 Å². The van der Waals surface area contributed by atoms with Gasteiger partial charge >= 0.3 is 12.3 Å². The number of halogens is 5. The van der Waals surface area contributed by atoms with Crippen LogP contribution in [0.1, 0.15) is 112 Å². The van der Waals surface area contributed by atoms with Crippen molar-refractivity contribution < 1.29 is 41.1 Å².